The van der Waals surface area contributed by atoms with Crippen molar-refractivity contribution in [2.75, 3.05) is 7.11 Å². The molecule has 3 heteroatoms. The number of hydrogen-bond donors (Lipinski definition) is 0. The van der Waals surface area contributed by atoms with Crippen LogP contribution < -0.4 is 4.74 Å². The van der Waals surface area contributed by atoms with Gasteiger partial charge >= 0.3 is 0 Å². The van der Waals surface area contributed by atoms with Crippen molar-refractivity contribution in [1.29, 1.82) is 0 Å². The Morgan fingerprint density at radius 1 is 1.12 bits per heavy atom. The summed E-state index contributed by atoms with van der Waals surface area (Å²) >= 11 is 0. The lowest BCUT2D eigenvalue weighted by Gasteiger charge is -2.10. The number of hydrogen-bond acceptors (Lipinski definition) is 2. The highest BCUT2D eigenvalue weighted by atomic mass is 19.1. The minimum Gasteiger partial charge on any atom is -0.496 e. The van der Waals surface area contributed by atoms with Crippen LogP contribution in [0.25, 0.3) is 11.1 Å². The highest BCUT2D eigenvalue weighted by Gasteiger charge is 2.10. The third-order valence-electron chi connectivity index (χ3n) is 2.54. The molecule has 0 radical (unpaired) electrons. The van der Waals surface area contributed by atoms with Crippen LogP contribution in [0.4, 0.5) is 4.39 Å². The maximum Gasteiger partial charge on any atom is 0.150 e. The molecule has 2 aromatic carbocycles. The molecule has 0 unspecified atom stereocenters. The molecule has 2 aromatic rings. The first-order valence-corrected chi connectivity index (χ1v) is 5.14. The highest BCUT2D eigenvalue weighted by Crippen LogP contribution is 2.31. The Hall–Kier alpha value is -2.16. The molecule has 0 bridgehead atoms. The molecule has 0 spiro atoms. The smallest absolute Gasteiger partial charge is 0.150 e. The van der Waals surface area contributed by atoms with Crippen molar-refractivity contribution in [2.24, 2.45) is 0 Å². The summed E-state index contributed by atoms with van der Waals surface area (Å²) in [5.74, 6) is 0.230. The first kappa shape index (κ1) is 11.3. The second-order valence-corrected chi connectivity index (χ2v) is 3.55. The number of ether oxygens (including phenoxy) is 1. The molecule has 86 valence electrons. The van der Waals surface area contributed by atoms with Crippen molar-refractivity contribution in [3.8, 4) is 16.9 Å². The quantitative estimate of drug-likeness (QED) is 0.756. The second-order valence-electron chi connectivity index (χ2n) is 3.55. The molecular weight excluding hydrogens is 219 g/mol. The minimum absolute atomic E-state index is 0.314. The van der Waals surface area contributed by atoms with E-state index in [1.807, 2.05) is 18.2 Å². The van der Waals surface area contributed by atoms with Crippen LogP contribution in [0.3, 0.4) is 0 Å². The van der Waals surface area contributed by atoms with Crippen LogP contribution >= 0.6 is 0 Å². The van der Waals surface area contributed by atoms with Gasteiger partial charge in [-0.2, -0.15) is 0 Å². The van der Waals surface area contributed by atoms with Crippen LogP contribution in [-0.4, -0.2) is 13.4 Å². The van der Waals surface area contributed by atoms with Gasteiger partial charge < -0.3 is 4.74 Å². The molecule has 0 aliphatic carbocycles. The first-order chi connectivity index (χ1) is 8.26. The van der Waals surface area contributed by atoms with Gasteiger partial charge in [-0.1, -0.05) is 24.3 Å². The third-order valence-corrected chi connectivity index (χ3v) is 2.54. The first-order valence-electron chi connectivity index (χ1n) is 5.14. The number of aldehydes is 1. The lowest BCUT2D eigenvalue weighted by molar-refractivity contribution is 0.112. The third kappa shape index (κ3) is 2.18. The molecule has 0 saturated carbocycles. The molecule has 0 amide bonds. The Morgan fingerprint density at radius 2 is 1.88 bits per heavy atom. The average molecular weight is 230 g/mol. The molecule has 0 aromatic heterocycles. The predicted molar refractivity (Wildman–Crippen MR) is 63.8 cm³/mol. The zero-order chi connectivity index (χ0) is 12.3. The molecule has 2 nitrogen and oxygen atoms in total. The number of carbonyl (C=O) groups is 1. The maximum absolute atomic E-state index is 13.0. The van der Waals surface area contributed by atoms with E-state index in [4.69, 9.17) is 4.74 Å². The Bertz CT molecular complexity index is 550. The number of rotatable bonds is 3. The molecule has 0 aliphatic heterocycles. The zero-order valence-electron chi connectivity index (χ0n) is 9.31. The fourth-order valence-electron chi connectivity index (χ4n) is 1.74. The molecule has 0 saturated heterocycles. The highest BCUT2D eigenvalue weighted by molar-refractivity contribution is 5.89. The van der Waals surface area contributed by atoms with Crippen LogP contribution in [-0.2, 0) is 0 Å². The van der Waals surface area contributed by atoms with Gasteiger partial charge in [0.1, 0.15) is 11.6 Å². The average Bonchev–Trinajstić information content (AvgIpc) is 2.38. The summed E-state index contributed by atoms with van der Waals surface area (Å²) < 4.78 is 18.3. The Morgan fingerprint density at radius 3 is 2.59 bits per heavy atom. The molecular formula is C14H11FO2. The van der Waals surface area contributed by atoms with Gasteiger partial charge in [0.2, 0.25) is 0 Å². The SMILES string of the molecule is COc1ccccc1-c1ccc(F)cc1C=O. The summed E-state index contributed by atoms with van der Waals surface area (Å²) in [6.07, 6.45) is 0.644. The fraction of sp³-hybridized carbons (Fsp3) is 0.0714. The van der Waals surface area contributed by atoms with E-state index in [1.165, 1.54) is 12.1 Å². The minimum atomic E-state index is -0.425. The van der Waals surface area contributed by atoms with E-state index < -0.39 is 5.82 Å². The van der Waals surface area contributed by atoms with Gasteiger partial charge in [-0.05, 0) is 23.8 Å². The van der Waals surface area contributed by atoms with Crippen molar-refractivity contribution in [3.05, 3.63) is 53.8 Å². The Kier molecular flexibility index (Phi) is 3.19. The second kappa shape index (κ2) is 4.78. The molecule has 0 fully saturated rings. The monoisotopic (exact) mass is 230 g/mol. The van der Waals surface area contributed by atoms with E-state index >= 15 is 0 Å². The van der Waals surface area contributed by atoms with Crippen LogP contribution in [0, 0.1) is 5.82 Å². The number of para-hydroxylation sites is 1. The van der Waals surface area contributed by atoms with Crippen LogP contribution in [0.2, 0.25) is 0 Å². The Labute approximate surface area is 98.7 Å². The number of halogens is 1. The van der Waals surface area contributed by atoms with Gasteiger partial charge in [0, 0.05) is 11.1 Å². The van der Waals surface area contributed by atoms with Gasteiger partial charge in [0.25, 0.3) is 0 Å². The predicted octanol–water partition coefficient (Wildman–Crippen LogP) is 3.31. The van der Waals surface area contributed by atoms with Gasteiger partial charge in [0.05, 0.1) is 7.11 Å². The normalized spacial score (nSPS) is 10.0. The standard InChI is InChI=1S/C14H11FO2/c1-17-14-5-3-2-4-13(14)12-7-6-11(15)8-10(12)9-16/h2-9H,1H3. The molecule has 0 N–H and O–H groups in total. The van der Waals surface area contributed by atoms with Gasteiger partial charge in [-0.3, -0.25) is 4.79 Å². The Balaban J connectivity index is 2.63. The van der Waals surface area contributed by atoms with Crippen LogP contribution in [0.15, 0.2) is 42.5 Å². The van der Waals surface area contributed by atoms with Crippen molar-refractivity contribution in [2.45, 2.75) is 0 Å². The lowest BCUT2D eigenvalue weighted by atomic mass is 9.99. The molecule has 2 rings (SSSR count). The molecule has 0 aliphatic rings. The van der Waals surface area contributed by atoms with E-state index in [0.29, 0.717) is 23.2 Å². The summed E-state index contributed by atoms with van der Waals surface area (Å²) in [6.45, 7) is 0. The van der Waals surface area contributed by atoms with E-state index in [1.54, 1.807) is 19.2 Å². The summed E-state index contributed by atoms with van der Waals surface area (Å²) in [7, 11) is 1.56. The zero-order valence-corrected chi connectivity index (χ0v) is 9.31. The number of methoxy groups -OCH3 is 1. The van der Waals surface area contributed by atoms with Gasteiger partial charge in [-0.15, -0.1) is 0 Å². The van der Waals surface area contributed by atoms with Crippen molar-refractivity contribution < 1.29 is 13.9 Å². The van der Waals surface area contributed by atoms with E-state index in [9.17, 15) is 9.18 Å². The summed E-state index contributed by atoms with van der Waals surface area (Å²) in [5, 5.41) is 0. The van der Waals surface area contributed by atoms with Crippen molar-refractivity contribution in [3.63, 3.8) is 0 Å². The lowest BCUT2D eigenvalue weighted by Crippen LogP contribution is -1.92. The van der Waals surface area contributed by atoms with Crippen LogP contribution in [0.1, 0.15) is 10.4 Å². The number of benzene rings is 2. The van der Waals surface area contributed by atoms with Crippen molar-refractivity contribution in [1.82, 2.24) is 0 Å². The topological polar surface area (TPSA) is 26.3 Å². The van der Waals surface area contributed by atoms with Gasteiger partial charge in [0.15, 0.2) is 6.29 Å². The van der Waals surface area contributed by atoms with E-state index in [0.717, 1.165) is 5.56 Å². The number of carbonyl (C=O) groups excluding carboxylic acids is 1. The van der Waals surface area contributed by atoms with Crippen LogP contribution in [0.5, 0.6) is 5.75 Å². The van der Waals surface area contributed by atoms with Gasteiger partial charge in [-0.25, -0.2) is 4.39 Å². The van der Waals surface area contributed by atoms with E-state index in [2.05, 4.69) is 0 Å². The van der Waals surface area contributed by atoms with E-state index in [-0.39, 0.29) is 0 Å². The summed E-state index contributed by atoms with van der Waals surface area (Å²) in [6, 6.07) is 11.4. The maximum atomic E-state index is 13.0. The van der Waals surface area contributed by atoms with Crippen molar-refractivity contribution >= 4 is 6.29 Å². The molecule has 17 heavy (non-hydrogen) atoms. The fourth-order valence-corrected chi connectivity index (χ4v) is 1.74. The summed E-state index contributed by atoms with van der Waals surface area (Å²) in [5.41, 5.74) is 1.76. The molecule has 0 heterocycles. The molecule has 0 atom stereocenters. The summed E-state index contributed by atoms with van der Waals surface area (Å²) in [4.78, 5) is 10.9. The largest absolute Gasteiger partial charge is 0.496 e.